The number of rotatable bonds is 8. The summed E-state index contributed by atoms with van der Waals surface area (Å²) in [6.45, 7) is 16.5. The first-order valence-electron chi connectivity index (χ1n) is 14.0. The highest BCUT2D eigenvalue weighted by molar-refractivity contribution is 6.19. The number of hydrogen-bond acceptors (Lipinski definition) is 1. The van der Waals surface area contributed by atoms with Crippen molar-refractivity contribution in [2.45, 2.75) is 0 Å². The van der Waals surface area contributed by atoms with Crippen molar-refractivity contribution in [1.82, 2.24) is 9.55 Å². The topological polar surface area (TPSA) is 17.8 Å². The van der Waals surface area contributed by atoms with E-state index in [1.165, 1.54) is 16.3 Å². The van der Waals surface area contributed by atoms with Crippen LogP contribution in [0.5, 0.6) is 0 Å². The van der Waals surface area contributed by atoms with E-state index in [1.807, 2.05) is 30.4 Å². The molecule has 0 fully saturated rings. The molecule has 2 heteroatoms. The Morgan fingerprint density at radius 1 is 0.643 bits per heavy atom. The number of hydrogen-bond donors (Lipinski definition) is 0. The average Bonchev–Trinajstić information content (AvgIpc) is 3.37. The number of aromatic nitrogens is 2. The molecule has 2 nitrogen and oxygen atoms in total. The summed E-state index contributed by atoms with van der Waals surface area (Å²) in [5.41, 5.74) is 9.31. The lowest BCUT2D eigenvalue weighted by Crippen LogP contribution is -1.94. The van der Waals surface area contributed by atoms with Gasteiger partial charge in [0.15, 0.2) is 0 Å². The number of allylic oxidation sites excluding steroid dienone is 8. The van der Waals surface area contributed by atoms with Crippen molar-refractivity contribution in [2.75, 3.05) is 0 Å². The van der Waals surface area contributed by atoms with E-state index in [4.69, 9.17) is 4.98 Å². The van der Waals surface area contributed by atoms with Gasteiger partial charge in [-0.05, 0) is 67.1 Å². The summed E-state index contributed by atoms with van der Waals surface area (Å²) in [4.78, 5) is 4.90. The number of benzene rings is 5. The van der Waals surface area contributed by atoms with Crippen LogP contribution in [-0.4, -0.2) is 9.55 Å². The Morgan fingerprint density at radius 2 is 1.19 bits per heavy atom. The van der Waals surface area contributed by atoms with Crippen LogP contribution in [0, 0.1) is 0 Å². The van der Waals surface area contributed by atoms with E-state index < -0.39 is 0 Å². The van der Waals surface area contributed by atoms with E-state index in [1.54, 1.807) is 6.08 Å². The van der Waals surface area contributed by atoms with Gasteiger partial charge < -0.3 is 4.57 Å². The Hall–Kier alpha value is -5.47. The van der Waals surface area contributed by atoms with Crippen LogP contribution < -0.4 is 0 Å². The maximum Gasteiger partial charge on any atom is 0.140 e. The summed E-state index contributed by atoms with van der Waals surface area (Å²) in [5, 5.41) is 4.70. The van der Waals surface area contributed by atoms with E-state index in [9.17, 15) is 0 Å². The zero-order valence-corrected chi connectivity index (χ0v) is 23.8. The Labute approximate surface area is 247 Å². The highest BCUT2D eigenvalue weighted by atomic mass is 15.1. The molecule has 0 saturated heterocycles. The van der Waals surface area contributed by atoms with Crippen LogP contribution in [0.3, 0.4) is 0 Å². The number of imidazole rings is 1. The first kappa shape index (κ1) is 26.7. The van der Waals surface area contributed by atoms with E-state index in [0.717, 1.165) is 61.0 Å². The molecule has 0 aliphatic rings. The molecule has 0 aliphatic carbocycles. The minimum Gasteiger partial charge on any atom is -0.327 e. The van der Waals surface area contributed by atoms with E-state index in [2.05, 4.69) is 129 Å². The summed E-state index contributed by atoms with van der Waals surface area (Å²) < 4.78 is 2.16. The lowest BCUT2D eigenvalue weighted by molar-refractivity contribution is 0.959. The van der Waals surface area contributed by atoms with Crippen molar-refractivity contribution < 1.29 is 0 Å². The number of nitrogens with zero attached hydrogens (tertiary/aromatic N) is 2. The highest BCUT2D eigenvalue weighted by Gasteiger charge is 2.17. The normalized spacial score (nSPS) is 11.6. The summed E-state index contributed by atoms with van der Waals surface area (Å²) in [7, 11) is 2.07. The largest absolute Gasteiger partial charge is 0.327 e. The molecule has 0 aliphatic heterocycles. The SMILES string of the molecule is C=C/C=C\C(=C)C(=C)/C=C\C(=C)c1c2ccccc2c(-c2ccc(-c3nc4ccccc4n3C)cc2)c2ccccc12. The van der Waals surface area contributed by atoms with Crippen LogP contribution in [0.1, 0.15) is 5.56 Å². The fourth-order valence-electron chi connectivity index (χ4n) is 5.66. The van der Waals surface area contributed by atoms with Crippen LogP contribution in [0.15, 0.2) is 165 Å². The standard InChI is InChI=1S/C40H32N2/c1-6-7-14-27(2)28(3)21-22-29(4)38-32-15-8-10-17-34(32)39(35-18-11-9-16-33(35)38)30-23-25-31(26-24-30)40-41-36-19-12-13-20-37(36)42(40)5/h6-26H,1-4H2,5H3/b14-7-,22-21-. The molecule has 6 rings (SSSR count). The Kier molecular flexibility index (Phi) is 7.12. The van der Waals surface area contributed by atoms with Gasteiger partial charge in [-0.1, -0.05) is 142 Å². The van der Waals surface area contributed by atoms with Gasteiger partial charge >= 0.3 is 0 Å². The molecule has 1 heterocycles. The third-order valence-electron chi connectivity index (χ3n) is 7.80. The molecule has 0 radical (unpaired) electrons. The zero-order chi connectivity index (χ0) is 29.2. The quantitative estimate of drug-likeness (QED) is 0.139. The fraction of sp³-hybridized carbons (Fsp3) is 0.0250. The van der Waals surface area contributed by atoms with Gasteiger partial charge in [0.2, 0.25) is 0 Å². The van der Waals surface area contributed by atoms with Gasteiger partial charge in [-0.15, -0.1) is 0 Å². The van der Waals surface area contributed by atoms with Crippen LogP contribution in [0.25, 0.3) is 60.7 Å². The van der Waals surface area contributed by atoms with E-state index in [0.29, 0.717) is 0 Å². The molecule has 202 valence electrons. The fourth-order valence-corrected chi connectivity index (χ4v) is 5.66. The first-order chi connectivity index (χ1) is 20.5. The molecule has 5 aromatic carbocycles. The second-order valence-electron chi connectivity index (χ2n) is 10.4. The molecule has 1 aromatic heterocycles. The van der Waals surface area contributed by atoms with Crippen molar-refractivity contribution in [3.05, 3.63) is 170 Å². The van der Waals surface area contributed by atoms with Gasteiger partial charge in [0.1, 0.15) is 5.82 Å². The maximum absolute atomic E-state index is 4.90. The summed E-state index contributed by atoms with van der Waals surface area (Å²) in [5.74, 6) is 0.958. The summed E-state index contributed by atoms with van der Waals surface area (Å²) in [6, 6.07) is 34.2. The van der Waals surface area contributed by atoms with Gasteiger partial charge in [-0.3, -0.25) is 0 Å². The average molecular weight is 541 g/mol. The minimum absolute atomic E-state index is 0.833. The molecule has 0 bridgehead atoms. The third kappa shape index (κ3) is 4.74. The molecule has 0 unspecified atom stereocenters. The smallest absolute Gasteiger partial charge is 0.140 e. The Morgan fingerprint density at radius 3 is 1.81 bits per heavy atom. The van der Waals surface area contributed by atoms with Gasteiger partial charge in [0.05, 0.1) is 11.0 Å². The number of para-hydroxylation sites is 2. The predicted octanol–water partition coefficient (Wildman–Crippen LogP) is 10.6. The Bertz CT molecular complexity index is 2040. The molecule has 6 aromatic rings. The third-order valence-corrected chi connectivity index (χ3v) is 7.80. The van der Waals surface area contributed by atoms with Crippen molar-refractivity contribution in [1.29, 1.82) is 0 Å². The van der Waals surface area contributed by atoms with E-state index in [-0.39, 0.29) is 0 Å². The first-order valence-corrected chi connectivity index (χ1v) is 14.0. The molecule has 0 spiro atoms. The van der Waals surface area contributed by atoms with Crippen LogP contribution >= 0.6 is 0 Å². The molecule has 0 saturated carbocycles. The second-order valence-corrected chi connectivity index (χ2v) is 10.4. The van der Waals surface area contributed by atoms with Gasteiger partial charge in [-0.2, -0.15) is 0 Å². The van der Waals surface area contributed by atoms with Crippen molar-refractivity contribution in [2.24, 2.45) is 7.05 Å². The van der Waals surface area contributed by atoms with E-state index >= 15 is 0 Å². The summed E-state index contributed by atoms with van der Waals surface area (Å²) in [6.07, 6.45) is 9.52. The molecule has 0 atom stereocenters. The molecule has 0 amide bonds. The molecule has 0 N–H and O–H groups in total. The van der Waals surface area contributed by atoms with Crippen LogP contribution in [0.2, 0.25) is 0 Å². The van der Waals surface area contributed by atoms with Gasteiger partial charge in [0, 0.05) is 12.6 Å². The minimum atomic E-state index is 0.833. The number of fused-ring (bicyclic) bond motifs is 3. The lowest BCUT2D eigenvalue weighted by atomic mass is 9.86. The maximum atomic E-state index is 4.90. The second kappa shape index (κ2) is 11.2. The van der Waals surface area contributed by atoms with Crippen molar-refractivity contribution >= 4 is 38.2 Å². The zero-order valence-electron chi connectivity index (χ0n) is 23.8. The van der Waals surface area contributed by atoms with Crippen LogP contribution in [-0.2, 0) is 7.05 Å². The molecular weight excluding hydrogens is 508 g/mol. The van der Waals surface area contributed by atoms with Gasteiger partial charge in [-0.25, -0.2) is 4.98 Å². The molecular formula is C40H32N2. The van der Waals surface area contributed by atoms with Crippen LogP contribution in [0.4, 0.5) is 0 Å². The lowest BCUT2D eigenvalue weighted by Gasteiger charge is -2.18. The molecule has 42 heavy (non-hydrogen) atoms. The van der Waals surface area contributed by atoms with Crippen molar-refractivity contribution in [3.63, 3.8) is 0 Å². The monoisotopic (exact) mass is 540 g/mol. The predicted molar refractivity (Wildman–Crippen MR) is 182 cm³/mol. The Balaban J connectivity index is 1.46. The van der Waals surface area contributed by atoms with Gasteiger partial charge in [0.25, 0.3) is 0 Å². The highest BCUT2D eigenvalue weighted by Crippen LogP contribution is 2.42. The van der Waals surface area contributed by atoms with Crippen molar-refractivity contribution in [3.8, 4) is 22.5 Å². The number of aryl methyl sites for hydroxylation is 1. The summed E-state index contributed by atoms with van der Waals surface area (Å²) >= 11 is 0.